The zero-order valence-electron chi connectivity index (χ0n) is 13.9. The van der Waals surface area contributed by atoms with E-state index in [4.69, 9.17) is 11.6 Å². The van der Waals surface area contributed by atoms with Crippen LogP contribution in [0, 0.1) is 0 Å². The third-order valence-electron chi connectivity index (χ3n) is 4.10. The van der Waals surface area contributed by atoms with Gasteiger partial charge >= 0.3 is 0 Å². The van der Waals surface area contributed by atoms with Crippen LogP contribution in [0.4, 0.5) is 5.69 Å². The number of hydrogen-bond acceptors (Lipinski definition) is 4. The number of fused-ring (bicyclic) bond motifs is 1. The number of benzene rings is 2. The molecule has 0 aromatic heterocycles. The first-order valence-electron chi connectivity index (χ1n) is 7.79. The van der Waals surface area contributed by atoms with Crippen LogP contribution in [-0.2, 0) is 16.4 Å². The summed E-state index contributed by atoms with van der Waals surface area (Å²) in [6, 6.07) is 12.5. The molecule has 4 nitrogen and oxygen atoms in total. The van der Waals surface area contributed by atoms with Crippen molar-refractivity contribution in [3.8, 4) is 0 Å². The van der Waals surface area contributed by atoms with Crippen LogP contribution in [0.1, 0.15) is 22.8 Å². The summed E-state index contributed by atoms with van der Waals surface area (Å²) in [4.78, 5) is 13.4. The molecule has 0 bridgehead atoms. The number of sulfonamides is 1. The summed E-state index contributed by atoms with van der Waals surface area (Å²) in [6.07, 6.45) is 1.83. The molecule has 0 unspecified atom stereocenters. The van der Waals surface area contributed by atoms with E-state index in [0.717, 1.165) is 10.5 Å². The second-order valence-corrected chi connectivity index (χ2v) is 9.47. The first-order chi connectivity index (χ1) is 11.8. The summed E-state index contributed by atoms with van der Waals surface area (Å²) in [5, 5.41) is 0.666. The van der Waals surface area contributed by atoms with Gasteiger partial charge in [0.2, 0.25) is 10.0 Å². The van der Waals surface area contributed by atoms with Crippen molar-refractivity contribution in [1.29, 1.82) is 0 Å². The largest absolute Gasteiger partial charge is 0.293 e. The quantitative estimate of drug-likeness (QED) is 0.566. The SMILES string of the molecule is C[C@H]1Cc2cc(C(=O)CSc3ccc(Cl)cc3)ccc2N1S(C)(=O)=O. The molecule has 25 heavy (non-hydrogen) atoms. The summed E-state index contributed by atoms with van der Waals surface area (Å²) in [7, 11) is -3.31. The lowest BCUT2D eigenvalue weighted by atomic mass is 10.0. The second kappa shape index (κ2) is 7.02. The van der Waals surface area contributed by atoms with Gasteiger partial charge in [0.1, 0.15) is 0 Å². The molecule has 7 heteroatoms. The van der Waals surface area contributed by atoms with E-state index < -0.39 is 10.0 Å². The Balaban J connectivity index is 1.75. The highest BCUT2D eigenvalue weighted by atomic mass is 35.5. The minimum atomic E-state index is -3.31. The summed E-state index contributed by atoms with van der Waals surface area (Å²) in [6.45, 7) is 1.87. The Bertz CT molecular complexity index is 910. The Labute approximate surface area is 157 Å². The highest BCUT2D eigenvalue weighted by Crippen LogP contribution is 2.35. The Morgan fingerprint density at radius 2 is 1.92 bits per heavy atom. The molecule has 0 fully saturated rings. The smallest absolute Gasteiger partial charge is 0.232 e. The maximum atomic E-state index is 12.5. The van der Waals surface area contributed by atoms with Gasteiger partial charge in [0.05, 0.1) is 17.7 Å². The average Bonchev–Trinajstić information content (AvgIpc) is 2.88. The molecule has 132 valence electrons. The molecule has 1 aliphatic heterocycles. The highest BCUT2D eigenvalue weighted by Gasteiger charge is 2.32. The maximum Gasteiger partial charge on any atom is 0.232 e. The number of nitrogens with zero attached hydrogens (tertiary/aromatic N) is 1. The van der Waals surface area contributed by atoms with Crippen LogP contribution >= 0.6 is 23.4 Å². The van der Waals surface area contributed by atoms with Gasteiger partial charge in [0.25, 0.3) is 0 Å². The van der Waals surface area contributed by atoms with Crippen LogP contribution < -0.4 is 4.31 Å². The molecular weight excluding hydrogens is 378 g/mol. The van der Waals surface area contributed by atoms with Gasteiger partial charge in [-0.3, -0.25) is 9.10 Å². The molecule has 2 aromatic carbocycles. The van der Waals surface area contributed by atoms with E-state index in [1.807, 2.05) is 25.1 Å². The molecule has 0 spiro atoms. The molecule has 2 aromatic rings. The normalized spacial score (nSPS) is 16.8. The number of anilines is 1. The van der Waals surface area contributed by atoms with Crippen molar-refractivity contribution < 1.29 is 13.2 Å². The lowest BCUT2D eigenvalue weighted by molar-refractivity contribution is 0.102. The Hall–Kier alpha value is -1.50. The van der Waals surface area contributed by atoms with Crippen molar-refractivity contribution in [2.45, 2.75) is 24.3 Å². The van der Waals surface area contributed by atoms with E-state index in [9.17, 15) is 13.2 Å². The maximum absolute atomic E-state index is 12.5. The van der Waals surface area contributed by atoms with Crippen molar-refractivity contribution in [3.05, 3.63) is 58.6 Å². The van der Waals surface area contributed by atoms with E-state index >= 15 is 0 Å². The minimum absolute atomic E-state index is 0.0215. The summed E-state index contributed by atoms with van der Waals surface area (Å²) in [5.74, 6) is 0.347. The fourth-order valence-corrected chi connectivity index (χ4v) is 5.23. The molecule has 0 amide bonds. The predicted molar refractivity (Wildman–Crippen MR) is 103 cm³/mol. The van der Waals surface area contributed by atoms with Gasteiger partial charge in [0.15, 0.2) is 5.78 Å². The van der Waals surface area contributed by atoms with Gasteiger partial charge < -0.3 is 0 Å². The van der Waals surface area contributed by atoms with Gasteiger partial charge in [-0.2, -0.15) is 0 Å². The fourth-order valence-electron chi connectivity index (χ4n) is 3.04. The number of Topliss-reactive ketones (excluding diaryl/α,β-unsaturated/α-hetero) is 1. The van der Waals surface area contributed by atoms with Crippen LogP contribution in [0.2, 0.25) is 5.02 Å². The van der Waals surface area contributed by atoms with Gasteiger partial charge in [-0.25, -0.2) is 8.42 Å². The third kappa shape index (κ3) is 4.02. The van der Waals surface area contributed by atoms with Crippen molar-refractivity contribution in [1.82, 2.24) is 0 Å². The lowest BCUT2D eigenvalue weighted by Gasteiger charge is -2.21. The van der Waals surface area contributed by atoms with E-state index in [-0.39, 0.29) is 11.8 Å². The number of carbonyl (C=O) groups is 1. The van der Waals surface area contributed by atoms with Gasteiger partial charge in [0, 0.05) is 21.5 Å². The zero-order valence-corrected chi connectivity index (χ0v) is 16.3. The van der Waals surface area contributed by atoms with Crippen LogP contribution in [0.3, 0.4) is 0 Å². The summed E-state index contributed by atoms with van der Waals surface area (Å²) in [5.41, 5.74) is 2.19. The number of ketones is 1. The summed E-state index contributed by atoms with van der Waals surface area (Å²) >= 11 is 7.31. The molecule has 0 radical (unpaired) electrons. The van der Waals surface area contributed by atoms with E-state index in [2.05, 4.69) is 0 Å². The fraction of sp³-hybridized carbons (Fsp3) is 0.278. The van der Waals surface area contributed by atoms with Crippen LogP contribution in [-0.4, -0.2) is 32.3 Å². The molecule has 3 rings (SSSR count). The van der Waals surface area contributed by atoms with Crippen LogP contribution in [0.25, 0.3) is 0 Å². The number of hydrogen-bond donors (Lipinski definition) is 0. The van der Waals surface area contributed by atoms with Crippen molar-refractivity contribution >= 4 is 44.9 Å². The van der Waals surface area contributed by atoms with Crippen LogP contribution in [0.5, 0.6) is 0 Å². The molecule has 0 saturated heterocycles. The number of rotatable bonds is 5. The van der Waals surface area contributed by atoms with E-state index in [0.29, 0.717) is 28.4 Å². The van der Waals surface area contributed by atoms with Crippen molar-refractivity contribution in [3.63, 3.8) is 0 Å². The zero-order chi connectivity index (χ0) is 18.2. The minimum Gasteiger partial charge on any atom is -0.293 e. The van der Waals surface area contributed by atoms with Crippen LogP contribution in [0.15, 0.2) is 47.4 Å². The van der Waals surface area contributed by atoms with Gasteiger partial charge in [-0.1, -0.05) is 11.6 Å². The molecule has 1 heterocycles. The molecule has 1 atom stereocenters. The Morgan fingerprint density at radius 1 is 1.24 bits per heavy atom. The summed E-state index contributed by atoms with van der Waals surface area (Å²) < 4.78 is 25.3. The van der Waals surface area contributed by atoms with E-state index in [1.54, 1.807) is 24.3 Å². The molecule has 0 aliphatic carbocycles. The molecule has 0 N–H and O–H groups in total. The third-order valence-corrected chi connectivity index (χ3v) is 6.63. The molecule has 1 aliphatic rings. The van der Waals surface area contributed by atoms with E-state index in [1.165, 1.54) is 22.3 Å². The Kier molecular flexibility index (Phi) is 5.14. The topological polar surface area (TPSA) is 54.5 Å². The van der Waals surface area contributed by atoms with Gasteiger partial charge in [-0.05, 0) is 61.4 Å². The highest BCUT2D eigenvalue weighted by molar-refractivity contribution is 8.00. The molecule has 0 saturated carbocycles. The monoisotopic (exact) mass is 395 g/mol. The Morgan fingerprint density at radius 3 is 2.56 bits per heavy atom. The standard InChI is InChI=1S/C18H18ClNO3S2/c1-12-9-14-10-13(3-8-17(14)20(12)25(2,22)23)18(21)11-24-16-6-4-15(19)5-7-16/h3-8,10,12H,9,11H2,1-2H3/t12-/m0/s1. The second-order valence-electron chi connectivity index (χ2n) is 6.12. The number of halogens is 1. The van der Waals surface area contributed by atoms with Crippen molar-refractivity contribution in [2.75, 3.05) is 16.3 Å². The van der Waals surface area contributed by atoms with Crippen molar-refractivity contribution in [2.24, 2.45) is 0 Å². The average molecular weight is 396 g/mol. The number of thioether (sulfide) groups is 1. The van der Waals surface area contributed by atoms with Gasteiger partial charge in [-0.15, -0.1) is 11.8 Å². The number of carbonyl (C=O) groups excluding carboxylic acids is 1. The first kappa shape index (κ1) is 18.3. The predicted octanol–water partition coefficient (Wildman–Crippen LogP) is 4.03. The molecular formula is C18H18ClNO3S2. The first-order valence-corrected chi connectivity index (χ1v) is 11.0. The lowest BCUT2D eigenvalue weighted by Crippen LogP contribution is -2.34.